The van der Waals surface area contributed by atoms with E-state index in [1.165, 1.54) is 12.4 Å². The molecular weight excluding hydrogens is 315 g/mol. The highest BCUT2D eigenvalue weighted by molar-refractivity contribution is 6.29. The molecular formula is C13H14Cl2N4O2. The number of halogens is 2. The molecule has 0 spiro atoms. The van der Waals surface area contributed by atoms with Gasteiger partial charge in [-0.05, 0) is 19.1 Å². The molecule has 8 heteroatoms. The van der Waals surface area contributed by atoms with Crippen LogP contribution in [0.15, 0.2) is 29.5 Å². The molecule has 3 N–H and O–H groups in total. The fourth-order valence-corrected chi connectivity index (χ4v) is 1.72. The summed E-state index contributed by atoms with van der Waals surface area (Å²) in [5.74, 6) is 0.464. The van der Waals surface area contributed by atoms with Gasteiger partial charge in [-0.15, -0.1) is 12.4 Å². The lowest BCUT2D eigenvalue weighted by atomic mass is 10.1. The summed E-state index contributed by atoms with van der Waals surface area (Å²) in [6.07, 6.45) is 2.90. The molecule has 0 aliphatic heterocycles. The van der Waals surface area contributed by atoms with Crippen LogP contribution < -0.4 is 5.43 Å². The van der Waals surface area contributed by atoms with Gasteiger partial charge in [-0.25, -0.2) is 4.98 Å². The van der Waals surface area contributed by atoms with Crippen LogP contribution in [-0.2, 0) is 6.61 Å². The summed E-state index contributed by atoms with van der Waals surface area (Å²) in [4.78, 5) is 7.97. The van der Waals surface area contributed by atoms with Gasteiger partial charge in [-0.3, -0.25) is 10.4 Å². The molecule has 0 amide bonds. The number of hydrogen-bond donors (Lipinski definition) is 3. The second kappa shape index (κ2) is 7.78. The molecule has 0 aliphatic rings. The second-order valence-electron chi connectivity index (χ2n) is 4.00. The average Bonchev–Trinajstić information content (AvgIpc) is 2.44. The zero-order chi connectivity index (χ0) is 14.5. The maximum absolute atomic E-state index is 9.92. The fourth-order valence-electron chi connectivity index (χ4n) is 1.56. The van der Waals surface area contributed by atoms with Gasteiger partial charge in [0.1, 0.15) is 16.7 Å². The molecule has 0 saturated heterocycles. The van der Waals surface area contributed by atoms with E-state index in [-0.39, 0.29) is 24.8 Å². The quantitative estimate of drug-likeness (QED) is 0.455. The first kappa shape index (κ1) is 17.2. The SMILES string of the molecule is Cc1ncc(CO)c(/C=N/Nc2cccc(Cl)n2)c1O.Cl. The Morgan fingerprint density at radius 1 is 1.43 bits per heavy atom. The number of aryl methyl sites for hydroxylation is 1. The van der Waals surface area contributed by atoms with Crippen LogP contribution in [0.4, 0.5) is 5.82 Å². The number of nitrogens with zero attached hydrogens (tertiary/aromatic N) is 3. The topological polar surface area (TPSA) is 90.6 Å². The van der Waals surface area contributed by atoms with Crippen LogP contribution in [0.1, 0.15) is 16.8 Å². The molecule has 0 aromatic carbocycles. The number of hydrazone groups is 1. The number of nitrogens with one attached hydrogen (secondary N) is 1. The van der Waals surface area contributed by atoms with Crippen LogP contribution in [0.2, 0.25) is 5.15 Å². The summed E-state index contributed by atoms with van der Waals surface area (Å²) in [7, 11) is 0. The normalized spacial score (nSPS) is 10.4. The third kappa shape index (κ3) is 4.29. The number of pyridine rings is 2. The predicted molar refractivity (Wildman–Crippen MR) is 84.3 cm³/mol. The van der Waals surface area contributed by atoms with E-state index in [2.05, 4.69) is 20.5 Å². The third-order valence-electron chi connectivity index (χ3n) is 2.62. The van der Waals surface area contributed by atoms with Crippen molar-refractivity contribution < 1.29 is 10.2 Å². The van der Waals surface area contributed by atoms with Crippen LogP contribution in [0.3, 0.4) is 0 Å². The monoisotopic (exact) mass is 328 g/mol. The first-order valence-electron chi connectivity index (χ1n) is 5.81. The number of aliphatic hydroxyl groups excluding tert-OH is 1. The van der Waals surface area contributed by atoms with Crippen molar-refractivity contribution in [3.05, 3.63) is 46.4 Å². The molecule has 21 heavy (non-hydrogen) atoms. The number of aromatic nitrogens is 2. The van der Waals surface area contributed by atoms with Crippen molar-refractivity contribution in [1.29, 1.82) is 0 Å². The van der Waals surface area contributed by atoms with E-state index in [0.717, 1.165) is 0 Å². The Balaban J connectivity index is 0.00000220. The van der Waals surface area contributed by atoms with Crippen molar-refractivity contribution in [2.75, 3.05) is 5.43 Å². The Kier molecular flexibility index (Phi) is 6.36. The Morgan fingerprint density at radius 3 is 2.86 bits per heavy atom. The average molecular weight is 329 g/mol. The molecule has 2 aromatic rings. The molecule has 0 radical (unpaired) electrons. The summed E-state index contributed by atoms with van der Waals surface area (Å²) < 4.78 is 0. The molecule has 0 unspecified atom stereocenters. The van der Waals surface area contributed by atoms with Crippen LogP contribution >= 0.6 is 24.0 Å². The van der Waals surface area contributed by atoms with Crippen molar-refractivity contribution in [2.24, 2.45) is 5.10 Å². The van der Waals surface area contributed by atoms with Crippen molar-refractivity contribution in [1.82, 2.24) is 9.97 Å². The molecule has 2 aromatic heterocycles. The van der Waals surface area contributed by atoms with E-state index in [0.29, 0.717) is 27.8 Å². The molecule has 0 bridgehead atoms. The first-order valence-corrected chi connectivity index (χ1v) is 6.19. The molecule has 0 aliphatic carbocycles. The Labute approximate surface area is 132 Å². The smallest absolute Gasteiger partial charge is 0.147 e. The van der Waals surface area contributed by atoms with E-state index in [1.54, 1.807) is 25.1 Å². The van der Waals surface area contributed by atoms with Crippen LogP contribution in [0, 0.1) is 6.92 Å². The molecule has 0 atom stereocenters. The van der Waals surface area contributed by atoms with E-state index in [1.807, 2.05) is 0 Å². The summed E-state index contributed by atoms with van der Waals surface area (Å²) >= 11 is 5.75. The largest absolute Gasteiger partial charge is 0.505 e. The van der Waals surface area contributed by atoms with E-state index < -0.39 is 0 Å². The number of anilines is 1. The molecule has 112 valence electrons. The van der Waals surface area contributed by atoms with Crippen molar-refractivity contribution in [3.63, 3.8) is 0 Å². The third-order valence-corrected chi connectivity index (χ3v) is 2.83. The highest BCUT2D eigenvalue weighted by atomic mass is 35.5. The van der Waals surface area contributed by atoms with Gasteiger partial charge >= 0.3 is 0 Å². The summed E-state index contributed by atoms with van der Waals surface area (Å²) in [6.45, 7) is 1.43. The number of rotatable bonds is 4. The Hall–Kier alpha value is -1.89. The second-order valence-corrected chi connectivity index (χ2v) is 4.39. The first-order chi connectivity index (χ1) is 9.61. The van der Waals surface area contributed by atoms with Crippen molar-refractivity contribution in [2.45, 2.75) is 13.5 Å². The van der Waals surface area contributed by atoms with Crippen LogP contribution in [0.25, 0.3) is 0 Å². The lowest BCUT2D eigenvalue weighted by molar-refractivity contribution is 0.280. The zero-order valence-corrected chi connectivity index (χ0v) is 12.7. The summed E-state index contributed by atoms with van der Waals surface area (Å²) in [6, 6.07) is 5.09. The zero-order valence-electron chi connectivity index (χ0n) is 11.1. The van der Waals surface area contributed by atoms with Gasteiger partial charge in [-0.2, -0.15) is 5.10 Å². The van der Waals surface area contributed by atoms with Gasteiger partial charge in [0.2, 0.25) is 0 Å². The molecule has 2 heterocycles. The lowest BCUT2D eigenvalue weighted by Gasteiger charge is -2.07. The number of hydrogen-bond acceptors (Lipinski definition) is 6. The number of aromatic hydroxyl groups is 1. The Morgan fingerprint density at radius 2 is 2.19 bits per heavy atom. The number of aliphatic hydroxyl groups is 1. The van der Waals surface area contributed by atoms with E-state index >= 15 is 0 Å². The lowest BCUT2D eigenvalue weighted by Crippen LogP contribution is -2.00. The minimum absolute atomic E-state index is 0. The van der Waals surface area contributed by atoms with Gasteiger partial charge in [0.15, 0.2) is 0 Å². The highest BCUT2D eigenvalue weighted by Crippen LogP contribution is 2.22. The minimum Gasteiger partial charge on any atom is -0.505 e. The van der Waals surface area contributed by atoms with E-state index in [9.17, 15) is 10.2 Å². The Bertz CT molecular complexity index is 650. The predicted octanol–water partition coefficient (Wildman–Crippen LogP) is 2.50. The van der Waals surface area contributed by atoms with Gasteiger partial charge in [0, 0.05) is 17.3 Å². The molecule has 0 saturated carbocycles. The van der Waals surface area contributed by atoms with Crippen LogP contribution in [0.5, 0.6) is 5.75 Å². The fraction of sp³-hybridized carbons (Fsp3) is 0.154. The maximum atomic E-state index is 9.92. The van der Waals surface area contributed by atoms with Gasteiger partial charge in [0.05, 0.1) is 18.5 Å². The van der Waals surface area contributed by atoms with Gasteiger partial charge in [0.25, 0.3) is 0 Å². The van der Waals surface area contributed by atoms with E-state index in [4.69, 9.17) is 11.6 Å². The van der Waals surface area contributed by atoms with Crippen molar-refractivity contribution in [3.8, 4) is 5.75 Å². The molecule has 0 fully saturated rings. The molecule has 6 nitrogen and oxygen atoms in total. The minimum atomic E-state index is -0.238. The van der Waals surface area contributed by atoms with Gasteiger partial charge < -0.3 is 10.2 Å². The summed E-state index contributed by atoms with van der Waals surface area (Å²) in [5.41, 5.74) is 4.05. The maximum Gasteiger partial charge on any atom is 0.147 e. The van der Waals surface area contributed by atoms with Crippen molar-refractivity contribution >= 4 is 36.0 Å². The summed E-state index contributed by atoms with van der Waals surface area (Å²) in [5, 5.41) is 23.5. The standard InChI is InChI=1S/C13H13ClN4O2.ClH/c1-8-13(20)10(9(7-19)5-15-8)6-16-18-12-4-2-3-11(14)17-12;/h2-6,19-20H,7H2,1H3,(H,17,18);1H/b16-6+;. The molecule has 2 rings (SSSR count). The highest BCUT2D eigenvalue weighted by Gasteiger charge is 2.09. The van der Waals surface area contributed by atoms with Crippen LogP contribution in [-0.4, -0.2) is 26.4 Å². The van der Waals surface area contributed by atoms with Gasteiger partial charge in [-0.1, -0.05) is 17.7 Å².